The fourth-order valence-electron chi connectivity index (χ4n) is 1.83. The van der Waals surface area contributed by atoms with Crippen LogP contribution in [0.4, 0.5) is 0 Å². The number of hydrogen-bond donors (Lipinski definition) is 1. The van der Waals surface area contributed by atoms with Gasteiger partial charge in [0.15, 0.2) is 11.5 Å². The highest BCUT2D eigenvalue weighted by Gasteiger charge is 2.14. The molecular weight excluding hydrogens is 254 g/mol. The molecule has 1 aromatic rings. The summed E-state index contributed by atoms with van der Waals surface area (Å²) in [4.78, 5) is 12.1. The number of carbonyl (C=O) groups is 1. The summed E-state index contributed by atoms with van der Waals surface area (Å²) in [5.41, 5.74) is 1.39. The van der Waals surface area contributed by atoms with Gasteiger partial charge >= 0.3 is 0 Å². The maximum atomic E-state index is 12.1. The molecule has 0 saturated carbocycles. The van der Waals surface area contributed by atoms with E-state index in [9.17, 15) is 4.79 Å². The molecule has 0 aliphatic carbocycles. The quantitative estimate of drug-likeness (QED) is 0.869. The van der Waals surface area contributed by atoms with Crippen LogP contribution in [0, 0.1) is 5.92 Å². The third-order valence-corrected chi connectivity index (χ3v) is 2.79. The van der Waals surface area contributed by atoms with Crippen LogP contribution in [0.25, 0.3) is 6.08 Å². The number of nitrogens with one attached hydrogen (secondary N) is 1. The molecule has 1 aromatic carbocycles. The lowest BCUT2D eigenvalue weighted by Gasteiger charge is -2.14. The number of allylic oxidation sites excluding steroid dienone is 1. The molecule has 0 atom stereocenters. The second-order valence-electron chi connectivity index (χ2n) is 4.90. The second kappa shape index (κ2) is 7.58. The molecule has 0 aromatic heterocycles. The highest BCUT2D eigenvalue weighted by atomic mass is 16.5. The lowest BCUT2D eigenvalue weighted by Crippen LogP contribution is -2.27. The van der Waals surface area contributed by atoms with Gasteiger partial charge in [0.2, 0.25) is 0 Å². The van der Waals surface area contributed by atoms with E-state index in [1.165, 1.54) is 0 Å². The van der Waals surface area contributed by atoms with Gasteiger partial charge in [0, 0.05) is 17.7 Å². The van der Waals surface area contributed by atoms with Gasteiger partial charge in [-0.15, -0.1) is 0 Å². The molecule has 0 aliphatic rings. The molecule has 1 N–H and O–H groups in total. The SMILES string of the molecule is C/C=C/c1cc(C(=O)NCC(C)C)cc(OC)c1OC. The summed E-state index contributed by atoms with van der Waals surface area (Å²) >= 11 is 0. The highest BCUT2D eigenvalue weighted by molar-refractivity contribution is 5.95. The van der Waals surface area contributed by atoms with Crippen LogP contribution < -0.4 is 14.8 Å². The van der Waals surface area contributed by atoms with Crippen molar-refractivity contribution in [2.24, 2.45) is 5.92 Å². The fraction of sp³-hybridized carbons (Fsp3) is 0.438. The molecule has 20 heavy (non-hydrogen) atoms. The van der Waals surface area contributed by atoms with Crippen LogP contribution in [0.1, 0.15) is 36.7 Å². The van der Waals surface area contributed by atoms with Crippen molar-refractivity contribution in [1.82, 2.24) is 5.32 Å². The van der Waals surface area contributed by atoms with Gasteiger partial charge in [-0.3, -0.25) is 4.79 Å². The smallest absolute Gasteiger partial charge is 0.251 e. The molecule has 0 bridgehead atoms. The van der Waals surface area contributed by atoms with Gasteiger partial charge in [0.05, 0.1) is 14.2 Å². The Bertz CT molecular complexity index is 493. The maximum Gasteiger partial charge on any atom is 0.251 e. The normalized spacial score (nSPS) is 10.9. The van der Waals surface area contributed by atoms with E-state index in [2.05, 4.69) is 19.2 Å². The van der Waals surface area contributed by atoms with Gasteiger partial charge in [-0.25, -0.2) is 0 Å². The number of hydrogen-bond acceptors (Lipinski definition) is 3. The van der Waals surface area contributed by atoms with E-state index < -0.39 is 0 Å². The third kappa shape index (κ3) is 4.02. The van der Waals surface area contributed by atoms with E-state index in [1.54, 1.807) is 26.4 Å². The molecule has 0 radical (unpaired) electrons. The van der Waals surface area contributed by atoms with E-state index in [0.29, 0.717) is 29.5 Å². The van der Waals surface area contributed by atoms with Crippen molar-refractivity contribution < 1.29 is 14.3 Å². The second-order valence-corrected chi connectivity index (χ2v) is 4.90. The molecule has 4 nitrogen and oxygen atoms in total. The van der Waals surface area contributed by atoms with Crippen LogP contribution in [0.15, 0.2) is 18.2 Å². The minimum atomic E-state index is -0.106. The molecule has 1 amide bonds. The van der Waals surface area contributed by atoms with Gasteiger partial charge in [0.25, 0.3) is 5.91 Å². The standard InChI is InChI=1S/C16H23NO3/c1-6-7-12-8-13(16(18)17-10-11(2)3)9-14(19-4)15(12)20-5/h6-9,11H,10H2,1-5H3,(H,17,18)/b7-6+. The van der Waals surface area contributed by atoms with Gasteiger partial charge in [-0.05, 0) is 25.0 Å². The Labute approximate surface area is 120 Å². The summed E-state index contributed by atoms with van der Waals surface area (Å²) in [5.74, 6) is 1.49. The average Bonchev–Trinajstić information content (AvgIpc) is 2.44. The largest absolute Gasteiger partial charge is 0.493 e. The predicted octanol–water partition coefficient (Wildman–Crippen LogP) is 3.12. The van der Waals surface area contributed by atoms with Gasteiger partial charge < -0.3 is 14.8 Å². The van der Waals surface area contributed by atoms with Crippen LogP contribution in [-0.4, -0.2) is 26.7 Å². The summed E-state index contributed by atoms with van der Waals surface area (Å²) in [5, 5.41) is 2.90. The Morgan fingerprint density at radius 1 is 1.30 bits per heavy atom. The zero-order valence-corrected chi connectivity index (χ0v) is 12.8. The van der Waals surface area contributed by atoms with E-state index in [4.69, 9.17) is 9.47 Å². The van der Waals surface area contributed by atoms with Gasteiger partial charge in [-0.1, -0.05) is 26.0 Å². The Hall–Kier alpha value is -1.97. The van der Waals surface area contributed by atoms with Crippen LogP contribution in [0.5, 0.6) is 11.5 Å². The number of amides is 1. The maximum absolute atomic E-state index is 12.1. The third-order valence-electron chi connectivity index (χ3n) is 2.79. The first-order valence-corrected chi connectivity index (χ1v) is 6.70. The first kappa shape index (κ1) is 16.1. The van der Waals surface area contributed by atoms with Crippen LogP contribution in [0.2, 0.25) is 0 Å². The van der Waals surface area contributed by atoms with Crippen molar-refractivity contribution in [3.05, 3.63) is 29.3 Å². The zero-order chi connectivity index (χ0) is 15.1. The number of rotatable bonds is 6. The van der Waals surface area contributed by atoms with E-state index in [-0.39, 0.29) is 5.91 Å². The summed E-state index contributed by atoms with van der Waals surface area (Å²) in [6, 6.07) is 3.50. The lowest BCUT2D eigenvalue weighted by atomic mass is 10.1. The summed E-state index contributed by atoms with van der Waals surface area (Å²) in [7, 11) is 3.15. The molecule has 110 valence electrons. The zero-order valence-electron chi connectivity index (χ0n) is 12.8. The van der Waals surface area contributed by atoms with E-state index in [1.807, 2.05) is 19.1 Å². The highest BCUT2D eigenvalue weighted by Crippen LogP contribution is 2.33. The molecule has 0 heterocycles. The fourth-order valence-corrected chi connectivity index (χ4v) is 1.83. The van der Waals surface area contributed by atoms with Crippen molar-refractivity contribution >= 4 is 12.0 Å². The molecule has 0 unspecified atom stereocenters. The monoisotopic (exact) mass is 277 g/mol. The molecule has 0 spiro atoms. The molecule has 0 aliphatic heterocycles. The van der Waals surface area contributed by atoms with Crippen molar-refractivity contribution in [3.63, 3.8) is 0 Å². The first-order valence-electron chi connectivity index (χ1n) is 6.70. The molecule has 0 saturated heterocycles. The van der Waals surface area contributed by atoms with Crippen LogP contribution in [-0.2, 0) is 0 Å². The minimum Gasteiger partial charge on any atom is -0.493 e. The van der Waals surface area contributed by atoms with Crippen molar-refractivity contribution in [2.45, 2.75) is 20.8 Å². The molecule has 4 heteroatoms. The molecule has 1 rings (SSSR count). The van der Waals surface area contributed by atoms with Crippen molar-refractivity contribution in [3.8, 4) is 11.5 Å². The predicted molar refractivity (Wildman–Crippen MR) is 81.4 cm³/mol. The van der Waals surface area contributed by atoms with Gasteiger partial charge in [-0.2, -0.15) is 0 Å². The van der Waals surface area contributed by atoms with E-state index in [0.717, 1.165) is 5.56 Å². The number of benzene rings is 1. The summed E-state index contributed by atoms with van der Waals surface area (Å²) in [6.45, 7) is 6.67. The molecular formula is C16H23NO3. The average molecular weight is 277 g/mol. The minimum absolute atomic E-state index is 0.106. The number of ether oxygens (including phenoxy) is 2. The van der Waals surface area contributed by atoms with Crippen molar-refractivity contribution in [2.75, 3.05) is 20.8 Å². The van der Waals surface area contributed by atoms with Crippen LogP contribution >= 0.6 is 0 Å². The summed E-state index contributed by atoms with van der Waals surface area (Å²) in [6.07, 6.45) is 3.79. The Morgan fingerprint density at radius 2 is 2.00 bits per heavy atom. The number of carbonyl (C=O) groups excluding carboxylic acids is 1. The topological polar surface area (TPSA) is 47.6 Å². The van der Waals surface area contributed by atoms with Crippen molar-refractivity contribution in [1.29, 1.82) is 0 Å². The van der Waals surface area contributed by atoms with E-state index >= 15 is 0 Å². The number of methoxy groups -OCH3 is 2. The Morgan fingerprint density at radius 3 is 2.50 bits per heavy atom. The van der Waals surface area contributed by atoms with Crippen LogP contribution in [0.3, 0.4) is 0 Å². The Balaban J connectivity index is 3.14. The summed E-state index contributed by atoms with van der Waals surface area (Å²) < 4.78 is 10.6. The molecule has 0 fully saturated rings. The first-order chi connectivity index (χ1) is 9.53. The van der Waals surface area contributed by atoms with Gasteiger partial charge in [0.1, 0.15) is 0 Å². The lowest BCUT2D eigenvalue weighted by molar-refractivity contribution is 0.0948. The Kier molecular flexibility index (Phi) is 6.10.